The smallest absolute Gasteiger partial charge is 0.341 e. The van der Waals surface area contributed by atoms with E-state index in [4.69, 9.17) is 4.74 Å². The SMILES string of the molecule is CCOC(=O)c1c(NC(=O)CCSC2=NCCS2)sc2c1CCC(C(C)(C)C)C2. The molecule has 1 atom stereocenters. The molecule has 1 aromatic heterocycles. The standard InChI is InChI=1S/C21H30N2O3S3/c1-5-26-19(25)17-14-7-6-13(21(2,3)4)12-15(14)29-18(17)23-16(24)8-10-27-20-22-9-11-28-20/h13H,5-12H2,1-4H3,(H,23,24). The van der Waals surface area contributed by atoms with E-state index in [0.717, 1.165) is 41.5 Å². The molecule has 1 unspecified atom stereocenters. The van der Waals surface area contributed by atoms with Gasteiger partial charge in [-0.2, -0.15) is 0 Å². The Balaban J connectivity index is 1.72. The highest BCUT2D eigenvalue weighted by atomic mass is 32.2. The minimum atomic E-state index is -0.319. The van der Waals surface area contributed by atoms with Crippen molar-refractivity contribution in [1.82, 2.24) is 0 Å². The lowest BCUT2D eigenvalue weighted by molar-refractivity contribution is -0.115. The number of carbonyl (C=O) groups is 2. The maximum Gasteiger partial charge on any atom is 0.341 e. The number of anilines is 1. The Bertz CT molecular complexity index is 796. The number of ether oxygens (including phenoxy) is 1. The molecule has 0 radical (unpaired) electrons. The summed E-state index contributed by atoms with van der Waals surface area (Å²) in [5, 5.41) is 3.66. The number of hydrogen-bond donors (Lipinski definition) is 1. The molecule has 3 rings (SSSR count). The maximum atomic E-state index is 12.7. The van der Waals surface area contributed by atoms with Gasteiger partial charge in [-0.05, 0) is 43.1 Å². The normalized spacial score (nSPS) is 18.9. The quantitative estimate of drug-likeness (QED) is 0.595. The van der Waals surface area contributed by atoms with Crippen LogP contribution in [-0.4, -0.2) is 40.9 Å². The summed E-state index contributed by atoms with van der Waals surface area (Å²) in [6.45, 7) is 9.84. The Kier molecular flexibility index (Phi) is 7.73. The van der Waals surface area contributed by atoms with Gasteiger partial charge in [0.1, 0.15) is 9.38 Å². The van der Waals surface area contributed by atoms with Gasteiger partial charge in [0.25, 0.3) is 0 Å². The molecule has 160 valence electrons. The lowest BCUT2D eigenvalue weighted by Crippen LogP contribution is -2.26. The lowest BCUT2D eigenvalue weighted by Gasteiger charge is -2.33. The highest BCUT2D eigenvalue weighted by Gasteiger charge is 2.34. The number of fused-ring (bicyclic) bond motifs is 1. The molecular formula is C21H30N2O3S3. The molecule has 1 aliphatic heterocycles. The minimum absolute atomic E-state index is 0.0578. The first kappa shape index (κ1) is 22.7. The van der Waals surface area contributed by atoms with Gasteiger partial charge in [-0.25, -0.2) is 4.79 Å². The van der Waals surface area contributed by atoms with Gasteiger partial charge in [0, 0.05) is 22.8 Å². The Morgan fingerprint density at radius 1 is 1.34 bits per heavy atom. The first-order valence-electron chi connectivity index (χ1n) is 10.2. The fourth-order valence-electron chi connectivity index (χ4n) is 3.66. The summed E-state index contributed by atoms with van der Waals surface area (Å²) in [5.41, 5.74) is 1.89. The molecule has 0 bridgehead atoms. The summed E-state index contributed by atoms with van der Waals surface area (Å²) in [4.78, 5) is 30.8. The van der Waals surface area contributed by atoms with Gasteiger partial charge in [-0.3, -0.25) is 9.79 Å². The highest BCUT2D eigenvalue weighted by molar-refractivity contribution is 8.39. The molecule has 1 aromatic rings. The average Bonchev–Trinajstić information content (AvgIpc) is 3.27. The second-order valence-corrected chi connectivity index (χ2v) is 11.9. The maximum absolute atomic E-state index is 12.7. The van der Waals surface area contributed by atoms with Crippen LogP contribution in [0.5, 0.6) is 0 Å². The van der Waals surface area contributed by atoms with Gasteiger partial charge in [0.2, 0.25) is 5.91 Å². The van der Waals surface area contributed by atoms with E-state index in [1.807, 2.05) is 6.92 Å². The second kappa shape index (κ2) is 9.88. The van der Waals surface area contributed by atoms with Crippen molar-refractivity contribution in [2.75, 3.05) is 30.0 Å². The van der Waals surface area contributed by atoms with Crippen molar-refractivity contribution in [2.24, 2.45) is 16.3 Å². The van der Waals surface area contributed by atoms with Crippen molar-refractivity contribution in [1.29, 1.82) is 0 Å². The molecule has 8 heteroatoms. The van der Waals surface area contributed by atoms with E-state index < -0.39 is 0 Å². The van der Waals surface area contributed by atoms with Crippen molar-refractivity contribution < 1.29 is 14.3 Å². The van der Waals surface area contributed by atoms with Crippen molar-refractivity contribution in [3.63, 3.8) is 0 Å². The molecule has 1 amide bonds. The Morgan fingerprint density at radius 2 is 2.14 bits per heavy atom. The zero-order chi connectivity index (χ0) is 21.0. The number of amides is 1. The molecule has 2 aliphatic rings. The van der Waals surface area contributed by atoms with Crippen LogP contribution in [0.4, 0.5) is 5.00 Å². The van der Waals surface area contributed by atoms with Crippen LogP contribution >= 0.6 is 34.9 Å². The summed E-state index contributed by atoms with van der Waals surface area (Å²) in [6, 6.07) is 0. The third-order valence-electron chi connectivity index (χ3n) is 5.33. The lowest BCUT2D eigenvalue weighted by atomic mass is 9.72. The van der Waals surface area contributed by atoms with E-state index in [1.165, 1.54) is 4.88 Å². The summed E-state index contributed by atoms with van der Waals surface area (Å²) in [6.07, 6.45) is 3.28. The van der Waals surface area contributed by atoms with Crippen LogP contribution in [0.25, 0.3) is 0 Å². The monoisotopic (exact) mass is 454 g/mol. The van der Waals surface area contributed by atoms with Gasteiger partial charge in [-0.15, -0.1) is 11.3 Å². The molecule has 29 heavy (non-hydrogen) atoms. The number of nitrogens with zero attached hydrogens (tertiary/aromatic N) is 1. The van der Waals surface area contributed by atoms with Crippen LogP contribution in [0, 0.1) is 11.3 Å². The zero-order valence-corrected chi connectivity index (χ0v) is 20.1. The number of thiophene rings is 1. The number of carbonyl (C=O) groups excluding carboxylic acids is 2. The predicted molar refractivity (Wildman–Crippen MR) is 126 cm³/mol. The highest BCUT2D eigenvalue weighted by Crippen LogP contribution is 2.44. The van der Waals surface area contributed by atoms with E-state index in [0.29, 0.717) is 35.3 Å². The van der Waals surface area contributed by atoms with E-state index in [-0.39, 0.29) is 17.3 Å². The van der Waals surface area contributed by atoms with Crippen molar-refractivity contribution >= 4 is 56.1 Å². The summed E-state index contributed by atoms with van der Waals surface area (Å²) >= 11 is 4.94. The Morgan fingerprint density at radius 3 is 2.79 bits per heavy atom. The number of nitrogens with one attached hydrogen (secondary N) is 1. The number of hydrogen-bond acceptors (Lipinski definition) is 7. The summed E-state index contributed by atoms with van der Waals surface area (Å²) < 4.78 is 6.39. The van der Waals surface area contributed by atoms with Crippen LogP contribution < -0.4 is 5.32 Å². The Hall–Kier alpha value is -0.990. The van der Waals surface area contributed by atoms with Gasteiger partial charge in [0.15, 0.2) is 0 Å². The van der Waals surface area contributed by atoms with E-state index in [2.05, 4.69) is 31.1 Å². The number of thioether (sulfide) groups is 2. The van der Waals surface area contributed by atoms with E-state index >= 15 is 0 Å². The fourth-order valence-corrected chi connectivity index (χ4v) is 7.00. The van der Waals surface area contributed by atoms with Gasteiger partial charge >= 0.3 is 5.97 Å². The first-order chi connectivity index (χ1) is 13.8. The van der Waals surface area contributed by atoms with Crippen LogP contribution in [0.1, 0.15) is 61.3 Å². The summed E-state index contributed by atoms with van der Waals surface area (Å²) in [7, 11) is 0. The fraction of sp³-hybridized carbons (Fsp3) is 0.667. The molecule has 5 nitrogen and oxygen atoms in total. The molecule has 0 spiro atoms. The van der Waals surface area contributed by atoms with Crippen LogP contribution in [0.2, 0.25) is 0 Å². The molecule has 0 aromatic carbocycles. The minimum Gasteiger partial charge on any atom is -0.462 e. The first-order valence-corrected chi connectivity index (χ1v) is 13.0. The number of aliphatic imine (C=N–C) groups is 1. The summed E-state index contributed by atoms with van der Waals surface area (Å²) in [5.74, 6) is 1.93. The van der Waals surface area contributed by atoms with Crippen LogP contribution in [0.15, 0.2) is 4.99 Å². The third kappa shape index (κ3) is 5.79. The van der Waals surface area contributed by atoms with E-state index in [1.54, 1.807) is 34.9 Å². The van der Waals surface area contributed by atoms with Crippen LogP contribution in [-0.2, 0) is 22.4 Å². The molecular weight excluding hydrogens is 424 g/mol. The van der Waals surface area contributed by atoms with Crippen LogP contribution in [0.3, 0.4) is 0 Å². The molecule has 1 N–H and O–H groups in total. The average molecular weight is 455 g/mol. The van der Waals surface area contributed by atoms with Crippen molar-refractivity contribution in [3.05, 3.63) is 16.0 Å². The zero-order valence-electron chi connectivity index (χ0n) is 17.6. The van der Waals surface area contributed by atoms with Gasteiger partial charge < -0.3 is 10.1 Å². The molecule has 2 heterocycles. The second-order valence-electron chi connectivity index (χ2n) is 8.38. The largest absolute Gasteiger partial charge is 0.462 e. The third-order valence-corrected chi connectivity index (χ3v) is 8.76. The number of esters is 1. The molecule has 0 saturated carbocycles. The van der Waals surface area contributed by atoms with Crippen molar-refractivity contribution in [3.8, 4) is 0 Å². The molecule has 0 fully saturated rings. The van der Waals surface area contributed by atoms with Gasteiger partial charge in [-0.1, -0.05) is 44.3 Å². The van der Waals surface area contributed by atoms with Gasteiger partial charge in [0.05, 0.1) is 18.7 Å². The number of rotatable bonds is 6. The Labute approximate surface area is 185 Å². The molecule has 1 aliphatic carbocycles. The predicted octanol–water partition coefficient (Wildman–Crippen LogP) is 5.24. The van der Waals surface area contributed by atoms with E-state index in [9.17, 15) is 9.59 Å². The van der Waals surface area contributed by atoms with Crippen molar-refractivity contribution in [2.45, 2.75) is 53.4 Å². The topological polar surface area (TPSA) is 67.8 Å². The molecule has 0 saturated heterocycles.